The van der Waals surface area contributed by atoms with Crippen LogP contribution in [0.5, 0.6) is 5.75 Å². The Bertz CT molecular complexity index is 577. The second kappa shape index (κ2) is 6.58. The SMILES string of the molecule is CC[C@H](N)c1ccccc1OCc1cc(C)ccc1C. The summed E-state index contributed by atoms with van der Waals surface area (Å²) in [7, 11) is 0. The molecule has 1 atom stereocenters. The Hall–Kier alpha value is -1.80. The number of nitrogens with two attached hydrogens (primary N) is 1. The highest BCUT2D eigenvalue weighted by Gasteiger charge is 2.10. The lowest BCUT2D eigenvalue weighted by molar-refractivity contribution is 0.300. The van der Waals surface area contributed by atoms with Gasteiger partial charge in [-0.15, -0.1) is 0 Å². The van der Waals surface area contributed by atoms with Crippen LogP contribution in [0.25, 0.3) is 0 Å². The highest BCUT2D eigenvalue weighted by Crippen LogP contribution is 2.26. The molecule has 0 aliphatic heterocycles. The summed E-state index contributed by atoms with van der Waals surface area (Å²) in [5.41, 5.74) is 11.0. The van der Waals surface area contributed by atoms with Gasteiger partial charge in [0.05, 0.1) is 0 Å². The fraction of sp³-hybridized carbons (Fsp3) is 0.333. The first-order chi connectivity index (χ1) is 9.61. The maximum absolute atomic E-state index is 6.14. The van der Waals surface area contributed by atoms with Gasteiger partial charge in [-0.25, -0.2) is 0 Å². The van der Waals surface area contributed by atoms with Gasteiger partial charge in [-0.3, -0.25) is 0 Å². The Balaban J connectivity index is 2.17. The largest absolute Gasteiger partial charge is 0.489 e. The molecule has 0 saturated heterocycles. The third-order valence-electron chi connectivity index (χ3n) is 3.65. The summed E-state index contributed by atoms with van der Waals surface area (Å²) in [6.45, 7) is 6.89. The summed E-state index contributed by atoms with van der Waals surface area (Å²) in [6, 6.07) is 14.5. The first-order valence-corrected chi connectivity index (χ1v) is 7.15. The molecular weight excluding hydrogens is 246 g/mol. The molecule has 106 valence electrons. The first-order valence-electron chi connectivity index (χ1n) is 7.15. The van der Waals surface area contributed by atoms with Crippen molar-refractivity contribution >= 4 is 0 Å². The van der Waals surface area contributed by atoms with Crippen molar-refractivity contribution < 1.29 is 4.74 Å². The van der Waals surface area contributed by atoms with Crippen molar-refractivity contribution in [3.63, 3.8) is 0 Å². The number of hydrogen-bond donors (Lipinski definition) is 1. The van der Waals surface area contributed by atoms with Gasteiger partial charge in [0.15, 0.2) is 0 Å². The van der Waals surface area contributed by atoms with Gasteiger partial charge in [0.1, 0.15) is 12.4 Å². The predicted molar refractivity (Wildman–Crippen MR) is 83.9 cm³/mol. The summed E-state index contributed by atoms with van der Waals surface area (Å²) in [5.74, 6) is 0.891. The summed E-state index contributed by atoms with van der Waals surface area (Å²) in [6.07, 6.45) is 0.907. The van der Waals surface area contributed by atoms with E-state index in [4.69, 9.17) is 10.5 Å². The van der Waals surface area contributed by atoms with Gasteiger partial charge < -0.3 is 10.5 Å². The fourth-order valence-corrected chi connectivity index (χ4v) is 2.25. The van der Waals surface area contributed by atoms with Crippen molar-refractivity contribution in [3.05, 3.63) is 64.7 Å². The lowest BCUT2D eigenvalue weighted by atomic mass is 10.0. The minimum absolute atomic E-state index is 0.0322. The van der Waals surface area contributed by atoms with Gasteiger partial charge in [-0.05, 0) is 37.5 Å². The number of hydrogen-bond acceptors (Lipinski definition) is 2. The Morgan fingerprint density at radius 3 is 2.60 bits per heavy atom. The Labute approximate surface area is 121 Å². The van der Waals surface area contributed by atoms with Gasteiger partial charge in [-0.1, -0.05) is 48.9 Å². The molecule has 2 aromatic carbocycles. The summed E-state index contributed by atoms with van der Waals surface area (Å²) >= 11 is 0. The average Bonchev–Trinajstić information content (AvgIpc) is 2.47. The molecule has 0 aliphatic carbocycles. The van der Waals surface area contributed by atoms with Crippen LogP contribution in [0.1, 0.15) is 41.6 Å². The van der Waals surface area contributed by atoms with Crippen molar-refractivity contribution in [1.29, 1.82) is 0 Å². The van der Waals surface area contributed by atoms with Crippen LogP contribution < -0.4 is 10.5 Å². The standard InChI is InChI=1S/C18H23NO/c1-4-17(19)16-7-5-6-8-18(16)20-12-15-11-13(2)9-10-14(15)3/h5-11,17H,4,12,19H2,1-3H3/t17-/m0/s1. The third-order valence-corrected chi connectivity index (χ3v) is 3.65. The predicted octanol–water partition coefficient (Wildman–Crippen LogP) is 4.29. The van der Waals surface area contributed by atoms with Crippen molar-refractivity contribution in [2.24, 2.45) is 5.73 Å². The van der Waals surface area contributed by atoms with Gasteiger partial charge in [0, 0.05) is 11.6 Å². The summed E-state index contributed by atoms with van der Waals surface area (Å²) in [4.78, 5) is 0. The second-order valence-corrected chi connectivity index (χ2v) is 5.27. The van der Waals surface area contributed by atoms with E-state index in [-0.39, 0.29) is 6.04 Å². The van der Waals surface area contributed by atoms with Crippen LogP contribution in [0.3, 0.4) is 0 Å². The molecule has 0 saturated carbocycles. The van der Waals surface area contributed by atoms with Crippen molar-refractivity contribution in [2.45, 2.75) is 39.8 Å². The molecular formula is C18H23NO. The first kappa shape index (κ1) is 14.6. The molecule has 2 N–H and O–H groups in total. The molecule has 0 aliphatic rings. The van der Waals surface area contributed by atoms with E-state index in [1.165, 1.54) is 16.7 Å². The van der Waals surface area contributed by atoms with Crippen LogP contribution in [0.15, 0.2) is 42.5 Å². The molecule has 20 heavy (non-hydrogen) atoms. The van der Waals surface area contributed by atoms with Crippen LogP contribution in [0.2, 0.25) is 0 Å². The number of benzene rings is 2. The van der Waals surface area contributed by atoms with Gasteiger partial charge in [-0.2, -0.15) is 0 Å². The maximum atomic E-state index is 6.14. The third kappa shape index (κ3) is 3.40. The molecule has 0 unspecified atom stereocenters. The fourth-order valence-electron chi connectivity index (χ4n) is 2.25. The van der Waals surface area contributed by atoms with E-state index in [1.54, 1.807) is 0 Å². The molecule has 2 aromatic rings. The zero-order valence-electron chi connectivity index (χ0n) is 12.5. The summed E-state index contributed by atoms with van der Waals surface area (Å²) < 4.78 is 6.00. The van der Waals surface area contributed by atoms with E-state index in [0.29, 0.717) is 6.61 Å². The lowest BCUT2D eigenvalue weighted by Gasteiger charge is -2.16. The summed E-state index contributed by atoms with van der Waals surface area (Å²) in [5, 5.41) is 0. The Morgan fingerprint density at radius 2 is 1.85 bits per heavy atom. The number of aryl methyl sites for hydroxylation is 2. The second-order valence-electron chi connectivity index (χ2n) is 5.27. The van der Waals surface area contributed by atoms with Crippen molar-refractivity contribution in [1.82, 2.24) is 0 Å². The molecule has 0 heterocycles. The van der Waals surface area contributed by atoms with Crippen molar-refractivity contribution in [2.75, 3.05) is 0 Å². The van der Waals surface area contributed by atoms with E-state index in [9.17, 15) is 0 Å². The zero-order chi connectivity index (χ0) is 14.5. The molecule has 0 aromatic heterocycles. The molecule has 0 bridgehead atoms. The minimum Gasteiger partial charge on any atom is -0.489 e. The monoisotopic (exact) mass is 269 g/mol. The van der Waals surface area contributed by atoms with E-state index >= 15 is 0 Å². The number of ether oxygens (including phenoxy) is 1. The van der Waals surface area contributed by atoms with Crippen LogP contribution in [-0.4, -0.2) is 0 Å². The van der Waals surface area contributed by atoms with Crippen LogP contribution in [0, 0.1) is 13.8 Å². The molecule has 0 fully saturated rings. The topological polar surface area (TPSA) is 35.2 Å². The highest BCUT2D eigenvalue weighted by atomic mass is 16.5. The quantitative estimate of drug-likeness (QED) is 0.878. The normalized spacial score (nSPS) is 12.2. The highest BCUT2D eigenvalue weighted by molar-refractivity contribution is 5.36. The van der Waals surface area contributed by atoms with Crippen molar-refractivity contribution in [3.8, 4) is 5.75 Å². The van der Waals surface area contributed by atoms with Crippen LogP contribution in [0.4, 0.5) is 0 Å². The van der Waals surface area contributed by atoms with Gasteiger partial charge >= 0.3 is 0 Å². The van der Waals surface area contributed by atoms with E-state index < -0.39 is 0 Å². The van der Waals surface area contributed by atoms with E-state index in [1.807, 2.05) is 24.3 Å². The lowest BCUT2D eigenvalue weighted by Crippen LogP contribution is -2.11. The molecule has 0 radical (unpaired) electrons. The average molecular weight is 269 g/mol. The number of rotatable bonds is 5. The molecule has 0 amide bonds. The molecule has 2 heteroatoms. The van der Waals surface area contributed by atoms with E-state index in [2.05, 4.69) is 39.0 Å². The minimum atomic E-state index is 0.0322. The van der Waals surface area contributed by atoms with Crippen LogP contribution >= 0.6 is 0 Å². The Morgan fingerprint density at radius 1 is 1.10 bits per heavy atom. The van der Waals surface area contributed by atoms with Gasteiger partial charge in [0.2, 0.25) is 0 Å². The van der Waals surface area contributed by atoms with Crippen LogP contribution in [-0.2, 0) is 6.61 Å². The zero-order valence-corrected chi connectivity index (χ0v) is 12.5. The Kier molecular flexibility index (Phi) is 4.80. The maximum Gasteiger partial charge on any atom is 0.124 e. The molecule has 2 rings (SSSR count). The number of para-hydroxylation sites is 1. The van der Waals surface area contributed by atoms with Gasteiger partial charge in [0.25, 0.3) is 0 Å². The van der Waals surface area contributed by atoms with E-state index in [0.717, 1.165) is 17.7 Å². The molecule has 0 spiro atoms. The smallest absolute Gasteiger partial charge is 0.124 e. The molecule has 2 nitrogen and oxygen atoms in total.